The van der Waals surface area contributed by atoms with Gasteiger partial charge in [0.2, 0.25) is 10.0 Å². The normalized spacial score (nSPS) is 27.3. The summed E-state index contributed by atoms with van der Waals surface area (Å²) in [5.41, 5.74) is 0. The van der Waals surface area contributed by atoms with Crippen LogP contribution in [0.4, 0.5) is 0 Å². The van der Waals surface area contributed by atoms with Crippen LogP contribution in [-0.2, 0) is 21.3 Å². The quantitative estimate of drug-likeness (QED) is 0.823. The average molecular weight is 327 g/mol. The maximum atomic E-state index is 12.7. The molecule has 6 nitrogen and oxygen atoms in total. The molecule has 0 aliphatic carbocycles. The largest absolute Gasteiger partial charge is 0.377 e. The molecule has 0 spiro atoms. The van der Waals surface area contributed by atoms with E-state index in [4.69, 9.17) is 4.74 Å². The second-order valence-corrected chi connectivity index (χ2v) is 8.27. The summed E-state index contributed by atoms with van der Waals surface area (Å²) in [6, 6.07) is 0.0430. The van der Waals surface area contributed by atoms with E-state index < -0.39 is 10.0 Å². The topological polar surface area (TPSA) is 64.4 Å². The van der Waals surface area contributed by atoms with Crippen LogP contribution in [0.5, 0.6) is 0 Å². The summed E-state index contributed by atoms with van der Waals surface area (Å²) in [5.74, 6) is 1.06. The van der Waals surface area contributed by atoms with E-state index in [1.165, 1.54) is 0 Å². The van der Waals surface area contributed by atoms with Crippen molar-refractivity contribution in [3.8, 4) is 0 Å². The van der Waals surface area contributed by atoms with Crippen LogP contribution in [0.15, 0.2) is 12.4 Å². The smallest absolute Gasteiger partial charge is 0.216 e. The van der Waals surface area contributed by atoms with Gasteiger partial charge in [-0.05, 0) is 39.0 Å². The molecular weight excluding hydrogens is 302 g/mol. The van der Waals surface area contributed by atoms with Crippen molar-refractivity contribution < 1.29 is 13.2 Å². The van der Waals surface area contributed by atoms with Crippen molar-refractivity contribution in [3.05, 3.63) is 18.2 Å². The van der Waals surface area contributed by atoms with E-state index in [9.17, 15) is 8.42 Å². The van der Waals surface area contributed by atoms with Crippen LogP contribution in [0.2, 0.25) is 0 Å². The summed E-state index contributed by atoms with van der Waals surface area (Å²) in [7, 11) is -3.25. The van der Waals surface area contributed by atoms with Gasteiger partial charge in [-0.3, -0.25) is 0 Å². The molecule has 22 heavy (non-hydrogen) atoms. The van der Waals surface area contributed by atoms with Gasteiger partial charge in [0.1, 0.15) is 5.82 Å². The highest BCUT2D eigenvalue weighted by molar-refractivity contribution is 7.89. The highest BCUT2D eigenvalue weighted by atomic mass is 32.2. The lowest BCUT2D eigenvalue weighted by Crippen LogP contribution is -2.42. The van der Waals surface area contributed by atoms with Gasteiger partial charge in [-0.25, -0.2) is 13.4 Å². The fourth-order valence-electron chi connectivity index (χ4n) is 3.45. The summed E-state index contributed by atoms with van der Waals surface area (Å²) in [4.78, 5) is 4.21. The first-order chi connectivity index (χ1) is 10.6. The Balaban J connectivity index is 1.67. The molecule has 2 atom stereocenters. The van der Waals surface area contributed by atoms with Crippen molar-refractivity contribution in [2.24, 2.45) is 0 Å². The van der Waals surface area contributed by atoms with Crippen molar-refractivity contribution in [2.45, 2.75) is 57.7 Å². The van der Waals surface area contributed by atoms with Crippen LogP contribution < -0.4 is 0 Å². The fourth-order valence-corrected chi connectivity index (χ4v) is 5.41. The molecule has 2 aliphatic heterocycles. The molecule has 0 saturated carbocycles. The van der Waals surface area contributed by atoms with E-state index in [1.54, 1.807) is 10.5 Å². The van der Waals surface area contributed by atoms with Crippen LogP contribution in [0.25, 0.3) is 0 Å². The Morgan fingerprint density at radius 3 is 2.86 bits per heavy atom. The summed E-state index contributed by atoms with van der Waals surface area (Å²) in [6.45, 7) is 3.96. The Morgan fingerprint density at radius 2 is 2.18 bits per heavy atom. The van der Waals surface area contributed by atoms with Gasteiger partial charge in [0.05, 0.1) is 11.9 Å². The number of sulfonamides is 1. The molecule has 1 aromatic rings. The predicted molar refractivity (Wildman–Crippen MR) is 84.1 cm³/mol. The van der Waals surface area contributed by atoms with Crippen molar-refractivity contribution in [3.63, 3.8) is 0 Å². The first-order valence-corrected chi connectivity index (χ1v) is 9.76. The first-order valence-electron chi connectivity index (χ1n) is 8.15. The van der Waals surface area contributed by atoms with Gasteiger partial charge in [-0.1, -0.05) is 0 Å². The molecular formula is C15H25N3O3S. The third-order valence-corrected chi connectivity index (χ3v) is 6.67. The zero-order valence-electron chi connectivity index (χ0n) is 13.1. The monoisotopic (exact) mass is 327 g/mol. The Hall–Kier alpha value is -0.920. The van der Waals surface area contributed by atoms with E-state index in [-0.39, 0.29) is 17.9 Å². The minimum atomic E-state index is -3.25. The molecule has 2 aliphatic rings. The molecule has 1 aromatic heterocycles. The Bertz CT molecular complexity index is 593. The van der Waals surface area contributed by atoms with Gasteiger partial charge in [0.25, 0.3) is 0 Å². The van der Waals surface area contributed by atoms with Gasteiger partial charge in [0.15, 0.2) is 0 Å². The fraction of sp³-hybridized carbons (Fsp3) is 0.800. The maximum Gasteiger partial charge on any atom is 0.216 e. The van der Waals surface area contributed by atoms with Crippen LogP contribution in [0.3, 0.4) is 0 Å². The number of ether oxygens (including phenoxy) is 1. The van der Waals surface area contributed by atoms with Gasteiger partial charge in [0, 0.05) is 38.1 Å². The zero-order chi connectivity index (χ0) is 15.6. The molecule has 3 rings (SSSR count). The van der Waals surface area contributed by atoms with Crippen molar-refractivity contribution in [2.75, 3.05) is 18.9 Å². The Kier molecular flexibility index (Phi) is 4.84. The lowest BCUT2D eigenvalue weighted by Gasteiger charge is -2.28. The summed E-state index contributed by atoms with van der Waals surface area (Å²) in [6.07, 6.45) is 8.38. The molecule has 0 radical (unpaired) electrons. The number of nitrogens with zero attached hydrogens (tertiary/aromatic N) is 3. The van der Waals surface area contributed by atoms with E-state index in [1.807, 2.05) is 17.7 Å². The molecule has 3 heterocycles. The van der Waals surface area contributed by atoms with Gasteiger partial charge in [-0.15, -0.1) is 0 Å². The third-order valence-electron chi connectivity index (χ3n) is 4.68. The van der Waals surface area contributed by atoms with Gasteiger partial charge in [-0.2, -0.15) is 4.31 Å². The molecule has 7 heteroatoms. The number of hydrogen-bond donors (Lipinski definition) is 0. The summed E-state index contributed by atoms with van der Waals surface area (Å²) >= 11 is 0. The highest BCUT2D eigenvalue weighted by Gasteiger charge is 2.36. The van der Waals surface area contributed by atoms with Gasteiger partial charge >= 0.3 is 0 Å². The Morgan fingerprint density at radius 1 is 1.32 bits per heavy atom. The van der Waals surface area contributed by atoms with E-state index in [0.717, 1.165) is 37.9 Å². The molecule has 0 N–H and O–H groups in total. The van der Waals surface area contributed by atoms with Crippen LogP contribution in [0, 0.1) is 6.92 Å². The van der Waals surface area contributed by atoms with E-state index >= 15 is 0 Å². The number of imidazole rings is 1. The number of aromatic nitrogens is 2. The second kappa shape index (κ2) is 6.68. The van der Waals surface area contributed by atoms with E-state index in [2.05, 4.69) is 4.98 Å². The zero-order valence-corrected chi connectivity index (χ0v) is 14.0. The minimum Gasteiger partial charge on any atom is -0.377 e. The third kappa shape index (κ3) is 3.52. The highest BCUT2D eigenvalue weighted by Crippen LogP contribution is 2.25. The lowest BCUT2D eigenvalue weighted by molar-refractivity contribution is 0.0298. The lowest BCUT2D eigenvalue weighted by atomic mass is 10.1. The number of hydrogen-bond acceptors (Lipinski definition) is 4. The molecule has 2 fully saturated rings. The first kappa shape index (κ1) is 16.0. The SMILES string of the molecule is Cc1nccn1C[C@H]1CCCN1S(=O)(=O)C[C@@H]1CCCCO1. The predicted octanol–water partition coefficient (Wildman–Crippen LogP) is 1.55. The summed E-state index contributed by atoms with van der Waals surface area (Å²) < 4.78 is 34.8. The van der Waals surface area contributed by atoms with E-state index in [0.29, 0.717) is 19.7 Å². The maximum absolute atomic E-state index is 12.7. The van der Waals surface area contributed by atoms with Gasteiger partial charge < -0.3 is 9.30 Å². The van der Waals surface area contributed by atoms with Crippen molar-refractivity contribution >= 4 is 10.0 Å². The van der Waals surface area contributed by atoms with Crippen molar-refractivity contribution in [1.82, 2.24) is 13.9 Å². The average Bonchev–Trinajstić information content (AvgIpc) is 3.10. The Labute approximate surface area is 132 Å². The molecule has 2 saturated heterocycles. The molecule has 0 bridgehead atoms. The molecule has 0 unspecified atom stereocenters. The van der Waals surface area contributed by atoms with Crippen LogP contribution in [0.1, 0.15) is 37.9 Å². The standard InChI is InChI=1S/C15H25N3O3S/c1-13-16-7-9-17(13)11-14-5-4-8-18(14)22(19,20)12-15-6-2-3-10-21-15/h7,9,14-15H,2-6,8,10-12H2,1H3/t14-,15+/m1/s1. The number of rotatable bonds is 5. The van der Waals surface area contributed by atoms with Crippen LogP contribution in [-0.4, -0.2) is 53.3 Å². The number of aryl methyl sites for hydroxylation is 1. The minimum absolute atomic E-state index is 0.0430. The summed E-state index contributed by atoms with van der Waals surface area (Å²) in [5, 5.41) is 0. The van der Waals surface area contributed by atoms with Crippen LogP contribution >= 0.6 is 0 Å². The molecule has 0 aromatic carbocycles. The molecule has 124 valence electrons. The molecule has 0 amide bonds. The van der Waals surface area contributed by atoms with Crippen molar-refractivity contribution in [1.29, 1.82) is 0 Å². The second-order valence-electron chi connectivity index (χ2n) is 6.30.